The summed E-state index contributed by atoms with van der Waals surface area (Å²) in [7, 11) is -4.01. The molecule has 0 aliphatic rings. The monoisotopic (exact) mass is 538 g/mol. The maximum Gasteiger partial charge on any atom is 0.271 e. The summed E-state index contributed by atoms with van der Waals surface area (Å²) in [6.07, 6.45) is 1.16. The lowest BCUT2D eigenvalue weighted by atomic mass is 10.1. The first-order valence-corrected chi connectivity index (χ1v) is 13.4. The van der Waals surface area contributed by atoms with Gasteiger partial charge in [-0.05, 0) is 44.9 Å². The zero-order valence-corrected chi connectivity index (χ0v) is 22.5. The van der Waals surface area contributed by atoms with E-state index in [0.717, 1.165) is 16.6 Å². The van der Waals surface area contributed by atoms with Crippen molar-refractivity contribution in [3.8, 4) is 0 Å². The number of hydrogen-bond donors (Lipinski definition) is 1. The number of amides is 2. The van der Waals surface area contributed by atoms with E-state index < -0.39 is 44.9 Å². The third-order valence-electron chi connectivity index (χ3n) is 5.19. The summed E-state index contributed by atoms with van der Waals surface area (Å²) >= 11 is 6.32. The molecule has 0 fully saturated rings. The van der Waals surface area contributed by atoms with Crippen LogP contribution in [0.5, 0.6) is 0 Å². The van der Waals surface area contributed by atoms with E-state index in [1.54, 1.807) is 31.2 Å². The van der Waals surface area contributed by atoms with Gasteiger partial charge in [-0.3, -0.25) is 24.0 Å². The number of carbonyl (C=O) groups excluding carboxylic acids is 2. The Bertz CT molecular complexity index is 1230. The van der Waals surface area contributed by atoms with Gasteiger partial charge in [-0.15, -0.1) is 0 Å². The van der Waals surface area contributed by atoms with Crippen LogP contribution in [0.15, 0.2) is 48.5 Å². The minimum atomic E-state index is -4.01. The fraction of sp³-hybridized carbons (Fsp3) is 0.417. The molecule has 0 aliphatic heterocycles. The summed E-state index contributed by atoms with van der Waals surface area (Å²) in [5.74, 6) is -1.06. The molecule has 0 spiro atoms. The van der Waals surface area contributed by atoms with Gasteiger partial charge in [0.1, 0.15) is 12.6 Å². The number of rotatable bonds is 10. The van der Waals surface area contributed by atoms with Gasteiger partial charge in [0.2, 0.25) is 21.8 Å². The average Bonchev–Trinajstić information content (AvgIpc) is 2.76. The number of nitro benzene ring substituents is 1. The third kappa shape index (κ3) is 7.92. The number of nitrogens with zero attached hydrogens (tertiary/aromatic N) is 3. The van der Waals surface area contributed by atoms with E-state index in [-0.39, 0.29) is 24.3 Å². The van der Waals surface area contributed by atoms with E-state index >= 15 is 0 Å². The second kappa shape index (κ2) is 11.7. The van der Waals surface area contributed by atoms with Crippen LogP contribution in [0.25, 0.3) is 0 Å². The summed E-state index contributed by atoms with van der Waals surface area (Å²) in [5.41, 5.74) is -0.344. The normalized spacial score (nSPS) is 12.5. The standard InChI is InChI=1S/C24H31ClN4O6S/c1-6-21(23(31)26-24(2,3)4)27(15-17-10-7-8-13-20(17)25)22(30)16-28(36(5,34)35)18-11-9-12-19(14-18)29(32)33/h7-14,21H,6,15-16H2,1-5H3,(H,26,31)/t21-/m0/s1. The number of halogens is 1. The largest absolute Gasteiger partial charge is 0.350 e. The third-order valence-corrected chi connectivity index (χ3v) is 6.70. The Morgan fingerprint density at radius 3 is 2.31 bits per heavy atom. The van der Waals surface area contributed by atoms with Gasteiger partial charge in [0.05, 0.1) is 16.9 Å². The lowest BCUT2D eigenvalue weighted by Gasteiger charge is -2.34. The van der Waals surface area contributed by atoms with Gasteiger partial charge in [0.15, 0.2) is 0 Å². The Hall–Kier alpha value is -3.18. The minimum absolute atomic E-state index is 0.0371. The molecular weight excluding hydrogens is 508 g/mol. The Morgan fingerprint density at radius 1 is 1.14 bits per heavy atom. The number of sulfonamides is 1. The number of nitrogens with one attached hydrogen (secondary N) is 1. The van der Waals surface area contributed by atoms with Gasteiger partial charge < -0.3 is 10.2 Å². The Kier molecular flexibility index (Phi) is 9.44. The molecule has 2 rings (SSSR count). The maximum atomic E-state index is 13.6. The van der Waals surface area contributed by atoms with Gasteiger partial charge in [-0.2, -0.15) is 0 Å². The summed E-state index contributed by atoms with van der Waals surface area (Å²) in [6, 6.07) is 10.9. The molecule has 10 nitrogen and oxygen atoms in total. The van der Waals surface area contributed by atoms with Crippen molar-refractivity contribution in [2.75, 3.05) is 17.1 Å². The van der Waals surface area contributed by atoms with E-state index in [9.17, 15) is 28.1 Å². The quantitative estimate of drug-likeness (QED) is 0.362. The first-order valence-electron chi connectivity index (χ1n) is 11.2. The summed E-state index contributed by atoms with van der Waals surface area (Å²) in [4.78, 5) is 38.6. The van der Waals surface area contributed by atoms with Crippen molar-refractivity contribution >= 4 is 44.8 Å². The SMILES string of the molecule is CC[C@@H](C(=O)NC(C)(C)C)N(Cc1ccccc1Cl)C(=O)CN(c1cccc([N+](=O)[O-])c1)S(C)(=O)=O. The van der Waals surface area contributed by atoms with Crippen LogP contribution < -0.4 is 9.62 Å². The highest BCUT2D eigenvalue weighted by Gasteiger charge is 2.33. The first-order chi connectivity index (χ1) is 16.6. The number of anilines is 1. The fourth-order valence-electron chi connectivity index (χ4n) is 3.56. The van der Waals surface area contributed by atoms with Crippen molar-refractivity contribution in [3.05, 3.63) is 69.2 Å². The number of non-ortho nitro benzene ring substituents is 1. The van der Waals surface area contributed by atoms with Gasteiger partial charge in [0.25, 0.3) is 5.69 Å². The van der Waals surface area contributed by atoms with Gasteiger partial charge in [0, 0.05) is 29.2 Å². The molecular formula is C24H31ClN4O6S. The Balaban J connectivity index is 2.51. The molecule has 0 aliphatic carbocycles. The molecule has 2 aromatic carbocycles. The predicted octanol–water partition coefficient (Wildman–Crippen LogP) is 3.74. The average molecular weight is 539 g/mol. The van der Waals surface area contributed by atoms with E-state index in [2.05, 4.69) is 5.32 Å². The van der Waals surface area contributed by atoms with Crippen molar-refractivity contribution in [1.29, 1.82) is 0 Å². The zero-order chi connectivity index (χ0) is 27.3. The summed E-state index contributed by atoms with van der Waals surface area (Å²) in [5, 5.41) is 14.5. The zero-order valence-electron chi connectivity index (χ0n) is 20.9. The van der Waals surface area contributed by atoms with Crippen molar-refractivity contribution in [2.45, 2.75) is 52.2 Å². The molecule has 0 saturated carbocycles. The molecule has 1 N–H and O–H groups in total. The lowest BCUT2D eigenvalue weighted by Crippen LogP contribution is -2.55. The molecule has 0 radical (unpaired) electrons. The smallest absolute Gasteiger partial charge is 0.271 e. The Morgan fingerprint density at radius 2 is 1.78 bits per heavy atom. The molecule has 2 amide bonds. The van der Waals surface area contributed by atoms with Gasteiger partial charge >= 0.3 is 0 Å². The number of benzene rings is 2. The molecule has 2 aromatic rings. The van der Waals surface area contributed by atoms with E-state index in [0.29, 0.717) is 10.6 Å². The van der Waals surface area contributed by atoms with Crippen LogP contribution in [0.3, 0.4) is 0 Å². The molecule has 0 bridgehead atoms. The number of hydrogen-bond acceptors (Lipinski definition) is 6. The predicted molar refractivity (Wildman–Crippen MR) is 139 cm³/mol. The number of carbonyl (C=O) groups is 2. The molecule has 12 heteroatoms. The van der Waals surface area contributed by atoms with E-state index in [1.165, 1.54) is 23.1 Å². The van der Waals surface area contributed by atoms with Crippen LogP contribution in [-0.4, -0.2) is 54.4 Å². The molecule has 196 valence electrons. The highest BCUT2D eigenvalue weighted by Crippen LogP contribution is 2.25. The minimum Gasteiger partial charge on any atom is -0.350 e. The van der Waals surface area contributed by atoms with E-state index in [4.69, 9.17) is 11.6 Å². The van der Waals surface area contributed by atoms with Crippen LogP contribution in [-0.2, 0) is 26.2 Å². The summed E-state index contributed by atoms with van der Waals surface area (Å²) in [6.45, 7) is 6.47. The highest BCUT2D eigenvalue weighted by molar-refractivity contribution is 7.92. The van der Waals surface area contributed by atoms with Crippen molar-refractivity contribution in [2.24, 2.45) is 0 Å². The van der Waals surface area contributed by atoms with Crippen LogP contribution >= 0.6 is 11.6 Å². The van der Waals surface area contributed by atoms with Crippen molar-refractivity contribution < 1.29 is 22.9 Å². The van der Waals surface area contributed by atoms with Gasteiger partial charge in [-0.1, -0.05) is 42.8 Å². The van der Waals surface area contributed by atoms with Crippen molar-refractivity contribution in [3.63, 3.8) is 0 Å². The van der Waals surface area contributed by atoms with Gasteiger partial charge in [-0.25, -0.2) is 8.42 Å². The molecule has 1 atom stereocenters. The van der Waals surface area contributed by atoms with Crippen LogP contribution in [0.4, 0.5) is 11.4 Å². The maximum absolute atomic E-state index is 13.6. The molecule has 0 aromatic heterocycles. The highest BCUT2D eigenvalue weighted by atomic mass is 35.5. The Labute approximate surface area is 216 Å². The number of nitro groups is 1. The molecule has 36 heavy (non-hydrogen) atoms. The molecule has 0 heterocycles. The fourth-order valence-corrected chi connectivity index (χ4v) is 4.59. The first kappa shape index (κ1) is 29.1. The second-order valence-electron chi connectivity index (χ2n) is 9.32. The van der Waals surface area contributed by atoms with Crippen LogP contribution in [0, 0.1) is 10.1 Å². The molecule has 0 unspecified atom stereocenters. The van der Waals surface area contributed by atoms with Crippen LogP contribution in [0.1, 0.15) is 39.7 Å². The topological polar surface area (TPSA) is 130 Å². The second-order valence-corrected chi connectivity index (χ2v) is 11.6. The van der Waals surface area contributed by atoms with Crippen molar-refractivity contribution in [1.82, 2.24) is 10.2 Å². The summed E-state index contributed by atoms with van der Waals surface area (Å²) < 4.78 is 26.0. The molecule has 0 saturated heterocycles. The lowest BCUT2D eigenvalue weighted by molar-refractivity contribution is -0.384. The van der Waals surface area contributed by atoms with E-state index in [1.807, 2.05) is 20.8 Å². The van der Waals surface area contributed by atoms with Crippen LogP contribution in [0.2, 0.25) is 5.02 Å².